The SMILES string of the molecule is CC(=O)OC[C@@]1(C(=O)O)CC[C@]2(C)C(CCC3[C@@]4(C)CC[C@H](O)C(C)(C)C4CC[C@]32C)C1=O.CC(=O)OC[C@@]1(C)CC[C@]2(C)C(CCC3[C@@]4(C)CC[C@H](OC(C)=O)C(C)(C)C4CC[C@]32C)C1=O. The molecule has 0 radical (unpaired) electrons. The summed E-state index contributed by atoms with van der Waals surface area (Å²) in [5, 5.41) is 20.9. The molecule has 0 aromatic heterocycles. The van der Waals surface area contributed by atoms with Gasteiger partial charge in [0.15, 0.2) is 11.2 Å². The van der Waals surface area contributed by atoms with Crippen molar-refractivity contribution in [3.63, 3.8) is 0 Å². The van der Waals surface area contributed by atoms with Crippen molar-refractivity contribution in [2.24, 2.45) is 89.7 Å². The van der Waals surface area contributed by atoms with E-state index in [0.29, 0.717) is 42.3 Å². The van der Waals surface area contributed by atoms with E-state index in [-0.39, 0.29) is 105 Å². The highest BCUT2D eigenvalue weighted by atomic mass is 16.5. The minimum absolute atomic E-state index is 0.0161. The number of esters is 3. The third-order valence-corrected chi connectivity index (χ3v) is 23.4. The Hall–Kier alpha value is -2.82. The smallest absolute Gasteiger partial charge is 0.320 e. The first-order valence-electron chi connectivity index (χ1n) is 26.2. The molecule has 8 fully saturated rings. The standard InChI is InChI=1S/C29H46O5.C27H42O6/c1-18(30)33-17-26(5)15-16-28(7)20(24(26)32)9-10-22-27(6)13-12-23(34-19(2)31)25(3,4)21(27)11-14-29(22,28)8;1-16(28)33-15-27(22(31)32)14-13-25(5)17(21(27)30)7-8-19-24(4)11-10-20(29)23(2,3)18(24)9-12-26(19,25)6/h20-23H,9-17H2,1-8H3;17-20,29H,7-15H2,1-6H3,(H,31,32)/t20?,21?,22?,23-,26+,27-,28+,29+;17?,18?,19?,20-,24-,25+,26+,27-/m00/s1. The summed E-state index contributed by atoms with van der Waals surface area (Å²) >= 11 is 0. The van der Waals surface area contributed by atoms with Crippen LogP contribution in [0.2, 0.25) is 0 Å². The van der Waals surface area contributed by atoms with Crippen molar-refractivity contribution < 1.29 is 53.2 Å². The Morgan fingerprint density at radius 1 is 0.493 bits per heavy atom. The van der Waals surface area contributed by atoms with Gasteiger partial charge in [-0.05, 0) is 171 Å². The molecule has 6 unspecified atom stereocenters. The second-order valence-corrected chi connectivity index (χ2v) is 26.8. The van der Waals surface area contributed by atoms with Crippen molar-refractivity contribution in [1.29, 1.82) is 0 Å². The van der Waals surface area contributed by atoms with Gasteiger partial charge in [0.1, 0.15) is 25.1 Å². The fourth-order valence-electron chi connectivity index (χ4n) is 19.1. The van der Waals surface area contributed by atoms with Crippen LogP contribution in [-0.4, -0.2) is 71.1 Å². The summed E-state index contributed by atoms with van der Waals surface area (Å²) in [5.41, 5.74) is -2.37. The maximum Gasteiger partial charge on any atom is 0.320 e. The number of Topliss-reactive ketones (excluding diaryl/α,β-unsaturated/α-hetero) is 2. The highest BCUT2D eigenvalue weighted by Crippen LogP contribution is 2.76. The van der Waals surface area contributed by atoms with Crippen LogP contribution in [0, 0.1) is 89.7 Å². The molecule has 0 saturated heterocycles. The number of ether oxygens (including phenoxy) is 3. The number of hydrogen-bond donors (Lipinski definition) is 2. The van der Waals surface area contributed by atoms with E-state index in [0.717, 1.165) is 83.5 Å². The molecule has 8 saturated carbocycles. The molecule has 0 amide bonds. The zero-order valence-electron chi connectivity index (χ0n) is 43.9. The van der Waals surface area contributed by atoms with E-state index >= 15 is 0 Å². The maximum atomic E-state index is 13.9. The summed E-state index contributed by atoms with van der Waals surface area (Å²) in [6, 6.07) is 0. The Kier molecular flexibility index (Phi) is 13.1. The van der Waals surface area contributed by atoms with E-state index < -0.39 is 22.8 Å². The van der Waals surface area contributed by atoms with Crippen molar-refractivity contribution in [2.45, 2.75) is 212 Å². The highest BCUT2D eigenvalue weighted by Gasteiger charge is 2.72. The van der Waals surface area contributed by atoms with E-state index in [1.165, 1.54) is 20.8 Å². The third kappa shape index (κ3) is 7.53. The van der Waals surface area contributed by atoms with Crippen LogP contribution in [0.3, 0.4) is 0 Å². The van der Waals surface area contributed by atoms with Crippen molar-refractivity contribution in [3.05, 3.63) is 0 Å². The van der Waals surface area contributed by atoms with Crippen molar-refractivity contribution in [3.8, 4) is 0 Å². The lowest BCUT2D eigenvalue weighted by Gasteiger charge is -2.71. The molecule has 0 heterocycles. The van der Waals surface area contributed by atoms with Gasteiger partial charge in [-0.3, -0.25) is 28.8 Å². The predicted octanol–water partition coefficient (Wildman–Crippen LogP) is 10.7. The number of aliphatic hydroxyl groups excluding tert-OH is 1. The van der Waals surface area contributed by atoms with Crippen LogP contribution in [0.15, 0.2) is 0 Å². The van der Waals surface area contributed by atoms with Gasteiger partial charge in [0.05, 0.1) is 11.5 Å². The summed E-state index contributed by atoms with van der Waals surface area (Å²) in [6.07, 6.45) is 14.1. The fourth-order valence-corrected chi connectivity index (χ4v) is 19.1. The lowest BCUT2D eigenvalue weighted by molar-refractivity contribution is -0.236. The summed E-state index contributed by atoms with van der Waals surface area (Å²) < 4.78 is 16.3. The number of carbonyl (C=O) groups excluding carboxylic acids is 5. The van der Waals surface area contributed by atoms with E-state index in [9.17, 15) is 39.0 Å². The van der Waals surface area contributed by atoms with Crippen LogP contribution in [0.5, 0.6) is 0 Å². The van der Waals surface area contributed by atoms with Crippen LogP contribution < -0.4 is 0 Å². The zero-order chi connectivity index (χ0) is 49.9. The summed E-state index contributed by atoms with van der Waals surface area (Å²) in [4.78, 5) is 74.8. The molecular formula is C56H88O11. The molecule has 8 aliphatic carbocycles. The van der Waals surface area contributed by atoms with E-state index in [1.807, 2.05) is 6.92 Å². The fraction of sp³-hybridized carbons (Fsp3) is 0.893. The Labute approximate surface area is 402 Å². The second kappa shape index (κ2) is 16.9. The summed E-state index contributed by atoms with van der Waals surface area (Å²) in [7, 11) is 0. The van der Waals surface area contributed by atoms with Gasteiger partial charge >= 0.3 is 23.9 Å². The molecule has 378 valence electrons. The molecule has 0 spiro atoms. The first-order valence-corrected chi connectivity index (χ1v) is 26.2. The van der Waals surface area contributed by atoms with E-state index in [2.05, 4.69) is 69.2 Å². The topological polar surface area (TPSA) is 171 Å². The number of rotatable bonds is 6. The van der Waals surface area contributed by atoms with Crippen molar-refractivity contribution >= 4 is 35.4 Å². The highest BCUT2D eigenvalue weighted by molar-refractivity contribution is 6.05. The molecule has 11 nitrogen and oxygen atoms in total. The number of aliphatic carboxylic acids is 1. The molecule has 11 heteroatoms. The molecule has 8 aliphatic rings. The van der Waals surface area contributed by atoms with Gasteiger partial charge in [-0.25, -0.2) is 0 Å². The molecule has 16 atom stereocenters. The Balaban J connectivity index is 0.000000199. The summed E-state index contributed by atoms with van der Waals surface area (Å²) in [5.74, 6) is -0.483. The number of hydrogen-bond acceptors (Lipinski definition) is 10. The van der Waals surface area contributed by atoms with Crippen LogP contribution in [0.1, 0.15) is 200 Å². The maximum absolute atomic E-state index is 13.9. The van der Waals surface area contributed by atoms with Gasteiger partial charge in [0.25, 0.3) is 0 Å². The molecule has 0 aromatic rings. The predicted molar refractivity (Wildman–Crippen MR) is 254 cm³/mol. The number of carboxylic acids is 1. The minimum atomic E-state index is -1.63. The van der Waals surface area contributed by atoms with Gasteiger partial charge in [0.2, 0.25) is 0 Å². The Morgan fingerprint density at radius 3 is 1.45 bits per heavy atom. The van der Waals surface area contributed by atoms with Crippen LogP contribution in [-0.2, 0) is 43.0 Å². The zero-order valence-corrected chi connectivity index (χ0v) is 43.9. The lowest BCUT2D eigenvalue weighted by atomic mass is 9.33. The van der Waals surface area contributed by atoms with Crippen LogP contribution in [0.4, 0.5) is 0 Å². The van der Waals surface area contributed by atoms with Gasteiger partial charge in [-0.15, -0.1) is 0 Å². The van der Waals surface area contributed by atoms with Crippen LogP contribution >= 0.6 is 0 Å². The molecular weight excluding hydrogens is 849 g/mol. The number of fused-ring (bicyclic) bond motifs is 10. The molecule has 0 aromatic carbocycles. The minimum Gasteiger partial charge on any atom is -0.480 e. The molecule has 8 rings (SSSR count). The quantitative estimate of drug-likeness (QED) is 0.148. The van der Waals surface area contributed by atoms with Gasteiger partial charge in [0, 0.05) is 38.0 Å². The molecule has 67 heavy (non-hydrogen) atoms. The second-order valence-electron chi connectivity index (χ2n) is 26.8. The normalized spacial score (nSPS) is 48.2. The molecule has 2 N–H and O–H groups in total. The van der Waals surface area contributed by atoms with Crippen LogP contribution in [0.25, 0.3) is 0 Å². The molecule has 0 bridgehead atoms. The Morgan fingerprint density at radius 2 is 0.955 bits per heavy atom. The van der Waals surface area contributed by atoms with E-state index in [1.54, 1.807) is 0 Å². The number of carbonyl (C=O) groups is 6. The first-order chi connectivity index (χ1) is 30.8. The van der Waals surface area contributed by atoms with Crippen molar-refractivity contribution in [1.82, 2.24) is 0 Å². The monoisotopic (exact) mass is 937 g/mol. The van der Waals surface area contributed by atoms with Crippen molar-refractivity contribution in [2.75, 3.05) is 13.2 Å². The number of aliphatic hydroxyl groups is 1. The average molecular weight is 937 g/mol. The lowest BCUT2D eigenvalue weighted by Crippen LogP contribution is -2.67. The third-order valence-electron chi connectivity index (χ3n) is 23.4. The number of ketones is 2. The molecule has 0 aliphatic heterocycles. The number of carboxylic acid groups (broad SMARTS) is 1. The van der Waals surface area contributed by atoms with E-state index in [4.69, 9.17) is 14.2 Å². The summed E-state index contributed by atoms with van der Waals surface area (Å²) in [6.45, 7) is 29.5. The van der Waals surface area contributed by atoms with Gasteiger partial charge in [-0.2, -0.15) is 0 Å². The Bertz CT molecular complexity index is 2020. The van der Waals surface area contributed by atoms with Gasteiger partial charge in [-0.1, -0.05) is 69.2 Å². The first kappa shape index (κ1) is 52.0. The largest absolute Gasteiger partial charge is 0.480 e. The van der Waals surface area contributed by atoms with Gasteiger partial charge < -0.3 is 24.4 Å². The average Bonchev–Trinajstić information content (AvgIpc) is 3.22.